The molecular formula is C19H23NO2. The second-order valence-electron chi connectivity index (χ2n) is 5.51. The van der Waals surface area contributed by atoms with Crippen LogP contribution in [0.5, 0.6) is 5.75 Å². The lowest BCUT2D eigenvalue weighted by Gasteiger charge is -2.23. The topological polar surface area (TPSA) is 29.5 Å². The Morgan fingerprint density at radius 1 is 1.09 bits per heavy atom. The lowest BCUT2D eigenvalue weighted by Crippen LogP contribution is -2.27. The number of nitrogens with zero attached hydrogens (tertiary/aromatic N) is 1. The van der Waals surface area contributed by atoms with E-state index < -0.39 is 0 Å². The highest BCUT2D eigenvalue weighted by molar-refractivity contribution is 5.72. The normalized spacial score (nSPS) is 11.8. The van der Waals surface area contributed by atoms with Crippen LogP contribution in [0.2, 0.25) is 0 Å². The van der Waals surface area contributed by atoms with Gasteiger partial charge in [0, 0.05) is 26.9 Å². The van der Waals surface area contributed by atoms with E-state index in [1.165, 1.54) is 0 Å². The molecule has 1 atom stereocenters. The summed E-state index contributed by atoms with van der Waals surface area (Å²) in [6.07, 6.45) is 0.693. The van der Waals surface area contributed by atoms with Gasteiger partial charge in [-0.25, -0.2) is 0 Å². The molecule has 0 radical (unpaired) electrons. The third kappa shape index (κ3) is 4.35. The number of hydrogen-bond acceptors (Lipinski definition) is 2. The number of benzene rings is 2. The van der Waals surface area contributed by atoms with Gasteiger partial charge in [0.15, 0.2) is 0 Å². The largest absolute Gasteiger partial charge is 0.485 e. The maximum atomic E-state index is 11.4. The molecule has 3 nitrogen and oxygen atoms in total. The highest BCUT2D eigenvalue weighted by Gasteiger charge is 2.16. The maximum Gasteiger partial charge on any atom is 0.219 e. The van der Waals surface area contributed by atoms with Gasteiger partial charge in [-0.2, -0.15) is 0 Å². The molecule has 0 aliphatic heterocycles. The van der Waals surface area contributed by atoms with Crippen molar-refractivity contribution in [3.63, 3.8) is 0 Å². The van der Waals surface area contributed by atoms with Gasteiger partial charge < -0.3 is 9.64 Å². The van der Waals surface area contributed by atoms with Crippen LogP contribution in [0.25, 0.3) is 0 Å². The molecule has 3 heteroatoms. The van der Waals surface area contributed by atoms with E-state index in [9.17, 15) is 4.79 Å². The highest BCUT2D eigenvalue weighted by Crippen LogP contribution is 2.27. The molecule has 0 fully saturated rings. The predicted octanol–water partition coefficient (Wildman–Crippen LogP) is 3.98. The average Bonchev–Trinajstić information content (AvgIpc) is 2.53. The molecule has 22 heavy (non-hydrogen) atoms. The van der Waals surface area contributed by atoms with E-state index in [1.54, 1.807) is 11.8 Å². The van der Waals surface area contributed by atoms with E-state index in [4.69, 9.17) is 4.74 Å². The molecule has 0 aliphatic carbocycles. The van der Waals surface area contributed by atoms with Crippen LogP contribution in [0.1, 0.15) is 30.6 Å². The molecule has 0 N–H and O–H groups in total. The van der Waals surface area contributed by atoms with Crippen LogP contribution in [0.4, 0.5) is 0 Å². The van der Waals surface area contributed by atoms with Gasteiger partial charge >= 0.3 is 0 Å². The molecule has 2 aromatic carbocycles. The van der Waals surface area contributed by atoms with Crippen molar-refractivity contribution in [1.29, 1.82) is 0 Å². The fourth-order valence-electron chi connectivity index (χ4n) is 2.27. The SMILES string of the molecule is CC(=O)N(C)CC[C@H](Oc1ccccc1C)c1ccccc1. The van der Waals surface area contributed by atoms with Crippen molar-refractivity contribution in [3.05, 3.63) is 65.7 Å². The maximum absolute atomic E-state index is 11.4. The van der Waals surface area contributed by atoms with Crippen molar-refractivity contribution in [2.75, 3.05) is 13.6 Å². The Labute approximate surface area is 132 Å². The number of carbonyl (C=O) groups is 1. The fourth-order valence-corrected chi connectivity index (χ4v) is 2.27. The Bertz CT molecular complexity index is 610. The number of rotatable bonds is 6. The summed E-state index contributed by atoms with van der Waals surface area (Å²) in [5.41, 5.74) is 2.24. The lowest BCUT2D eigenvalue weighted by molar-refractivity contribution is -0.127. The average molecular weight is 297 g/mol. The minimum atomic E-state index is -0.0656. The van der Waals surface area contributed by atoms with Crippen LogP contribution in [-0.2, 0) is 4.79 Å². The molecule has 0 spiro atoms. The Kier molecular flexibility index (Phi) is 5.59. The van der Waals surface area contributed by atoms with Gasteiger partial charge in [0.2, 0.25) is 5.91 Å². The number of aryl methyl sites for hydroxylation is 1. The highest BCUT2D eigenvalue weighted by atomic mass is 16.5. The van der Waals surface area contributed by atoms with Gasteiger partial charge in [-0.3, -0.25) is 4.79 Å². The van der Waals surface area contributed by atoms with Gasteiger partial charge in [0.25, 0.3) is 0 Å². The van der Waals surface area contributed by atoms with Gasteiger partial charge in [-0.15, -0.1) is 0 Å². The third-order valence-electron chi connectivity index (χ3n) is 3.80. The number of ether oxygens (including phenoxy) is 1. The Morgan fingerprint density at radius 2 is 1.73 bits per heavy atom. The summed E-state index contributed by atoms with van der Waals surface area (Å²) in [5, 5.41) is 0. The molecule has 116 valence electrons. The number of amides is 1. The quantitative estimate of drug-likeness (QED) is 0.807. The van der Waals surface area contributed by atoms with Crippen LogP contribution in [0, 0.1) is 6.92 Å². The summed E-state index contributed by atoms with van der Waals surface area (Å²) < 4.78 is 6.22. The molecule has 2 aromatic rings. The van der Waals surface area contributed by atoms with Crippen LogP contribution in [0.15, 0.2) is 54.6 Å². The van der Waals surface area contributed by atoms with E-state index in [0.717, 1.165) is 23.3 Å². The molecule has 0 heterocycles. The van der Waals surface area contributed by atoms with Gasteiger partial charge in [0.05, 0.1) is 0 Å². The summed E-state index contributed by atoms with van der Waals surface area (Å²) >= 11 is 0. The van der Waals surface area contributed by atoms with E-state index in [-0.39, 0.29) is 12.0 Å². The molecule has 1 amide bonds. The third-order valence-corrected chi connectivity index (χ3v) is 3.80. The second-order valence-corrected chi connectivity index (χ2v) is 5.51. The molecule has 0 bridgehead atoms. The van der Waals surface area contributed by atoms with Crippen molar-refractivity contribution in [2.45, 2.75) is 26.4 Å². The molecule has 2 rings (SSSR count). The zero-order valence-electron chi connectivity index (χ0n) is 13.5. The molecule has 0 aliphatic rings. The van der Waals surface area contributed by atoms with Gasteiger partial charge in [-0.05, 0) is 24.1 Å². The summed E-state index contributed by atoms with van der Waals surface area (Å²) in [6, 6.07) is 18.2. The first-order valence-electron chi connectivity index (χ1n) is 7.57. The van der Waals surface area contributed by atoms with E-state index >= 15 is 0 Å². The molecule has 0 saturated carbocycles. The van der Waals surface area contributed by atoms with E-state index in [2.05, 4.69) is 12.1 Å². The molecular weight excluding hydrogens is 274 g/mol. The Hall–Kier alpha value is -2.29. The van der Waals surface area contributed by atoms with Gasteiger partial charge in [-0.1, -0.05) is 48.5 Å². The smallest absolute Gasteiger partial charge is 0.219 e. The van der Waals surface area contributed by atoms with Crippen molar-refractivity contribution in [2.24, 2.45) is 0 Å². The molecule has 0 unspecified atom stereocenters. The van der Waals surface area contributed by atoms with Crippen LogP contribution < -0.4 is 4.74 Å². The number of carbonyl (C=O) groups excluding carboxylic acids is 1. The van der Waals surface area contributed by atoms with Crippen LogP contribution >= 0.6 is 0 Å². The first-order chi connectivity index (χ1) is 10.6. The van der Waals surface area contributed by atoms with E-state index in [1.807, 2.05) is 56.4 Å². The number of para-hydroxylation sites is 1. The summed E-state index contributed by atoms with van der Waals surface area (Å²) in [5.74, 6) is 0.963. The fraction of sp³-hybridized carbons (Fsp3) is 0.316. The Morgan fingerprint density at radius 3 is 2.36 bits per heavy atom. The summed E-state index contributed by atoms with van der Waals surface area (Å²) in [6.45, 7) is 4.29. The Balaban J connectivity index is 2.15. The minimum Gasteiger partial charge on any atom is -0.485 e. The zero-order chi connectivity index (χ0) is 15.9. The predicted molar refractivity (Wildman–Crippen MR) is 88.9 cm³/mol. The lowest BCUT2D eigenvalue weighted by atomic mass is 10.1. The standard InChI is InChI=1S/C19H23NO2/c1-15-9-7-8-12-18(15)22-19(13-14-20(3)16(2)21)17-10-5-4-6-11-17/h4-12,19H,13-14H2,1-3H3/t19-/m0/s1. The van der Waals surface area contributed by atoms with Crippen LogP contribution in [0.3, 0.4) is 0 Å². The summed E-state index contributed by atoms with van der Waals surface area (Å²) in [7, 11) is 1.82. The van der Waals surface area contributed by atoms with Crippen molar-refractivity contribution in [3.8, 4) is 5.75 Å². The van der Waals surface area contributed by atoms with Crippen molar-refractivity contribution < 1.29 is 9.53 Å². The summed E-state index contributed by atoms with van der Waals surface area (Å²) in [4.78, 5) is 13.1. The first kappa shape index (κ1) is 16.1. The molecule has 0 saturated heterocycles. The van der Waals surface area contributed by atoms with Crippen molar-refractivity contribution in [1.82, 2.24) is 4.90 Å². The monoisotopic (exact) mass is 297 g/mol. The minimum absolute atomic E-state index is 0.0656. The van der Waals surface area contributed by atoms with E-state index in [0.29, 0.717) is 6.54 Å². The zero-order valence-corrected chi connectivity index (χ0v) is 13.5. The van der Waals surface area contributed by atoms with Crippen molar-refractivity contribution >= 4 is 5.91 Å². The first-order valence-corrected chi connectivity index (χ1v) is 7.57. The second kappa shape index (κ2) is 7.64. The van der Waals surface area contributed by atoms with Gasteiger partial charge in [0.1, 0.15) is 11.9 Å². The van der Waals surface area contributed by atoms with Crippen LogP contribution in [-0.4, -0.2) is 24.4 Å². The number of hydrogen-bond donors (Lipinski definition) is 0. The molecule has 0 aromatic heterocycles.